The highest BCUT2D eigenvalue weighted by Gasteiger charge is 2.23. The van der Waals surface area contributed by atoms with Crippen LogP contribution in [-0.4, -0.2) is 31.7 Å². The standard InChI is InChI=1S/C9H12BrN3O/c1-7(10)9(14)13-5-4-12-3-2-11-8(12)6-13/h2-3,7H,4-6H2,1H3. The van der Waals surface area contributed by atoms with Gasteiger partial charge in [-0.3, -0.25) is 4.79 Å². The summed E-state index contributed by atoms with van der Waals surface area (Å²) in [6, 6.07) is 0. The number of aromatic nitrogens is 2. The lowest BCUT2D eigenvalue weighted by molar-refractivity contribution is -0.131. The normalized spacial score (nSPS) is 17.7. The quantitative estimate of drug-likeness (QED) is 0.705. The predicted octanol–water partition coefficient (Wildman–Crippen LogP) is 1.01. The lowest BCUT2D eigenvalue weighted by Gasteiger charge is -2.28. The molecular weight excluding hydrogens is 246 g/mol. The fourth-order valence-electron chi connectivity index (χ4n) is 1.61. The molecule has 5 heteroatoms. The third-order valence-corrected chi connectivity index (χ3v) is 2.79. The molecule has 1 aromatic heterocycles. The van der Waals surface area contributed by atoms with Crippen molar-refractivity contribution in [3.63, 3.8) is 0 Å². The number of hydrogen-bond acceptors (Lipinski definition) is 2. The van der Waals surface area contributed by atoms with E-state index in [0.717, 1.165) is 18.9 Å². The Labute approximate surface area is 91.0 Å². The first-order valence-corrected chi connectivity index (χ1v) is 5.53. The highest BCUT2D eigenvalue weighted by Crippen LogP contribution is 2.13. The predicted molar refractivity (Wildman–Crippen MR) is 56.0 cm³/mol. The van der Waals surface area contributed by atoms with E-state index in [2.05, 4.69) is 25.5 Å². The summed E-state index contributed by atoms with van der Waals surface area (Å²) in [7, 11) is 0. The van der Waals surface area contributed by atoms with Crippen LogP contribution in [0, 0.1) is 0 Å². The third-order valence-electron chi connectivity index (χ3n) is 2.40. The van der Waals surface area contributed by atoms with E-state index in [0.29, 0.717) is 6.54 Å². The Balaban J connectivity index is 2.11. The smallest absolute Gasteiger partial charge is 0.236 e. The highest BCUT2D eigenvalue weighted by atomic mass is 79.9. The number of amides is 1. The van der Waals surface area contributed by atoms with Gasteiger partial charge in [0.2, 0.25) is 5.91 Å². The van der Waals surface area contributed by atoms with Crippen LogP contribution in [0.4, 0.5) is 0 Å². The molecule has 1 aromatic rings. The Bertz CT molecular complexity index is 348. The minimum atomic E-state index is -0.107. The number of carbonyl (C=O) groups excluding carboxylic acids is 1. The van der Waals surface area contributed by atoms with Gasteiger partial charge in [-0.1, -0.05) is 15.9 Å². The average Bonchev–Trinajstić information content (AvgIpc) is 2.62. The number of carbonyl (C=O) groups is 1. The van der Waals surface area contributed by atoms with E-state index in [1.54, 1.807) is 6.20 Å². The Hall–Kier alpha value is -0.840. The van der Waals surface area contributed by atoms with Crippen molar-refractivity contribution in [2.45, 2.75) is 24.8 Å². The molecule has 0 aromatic carbocycles. The molecule has 2 rings (SSSR count). The summed E-state index contributed by atoms with van der Waals surface area (Å²) >= 11 is 3.29. The minimum absolute atomic E-state index is 0.107. The fraction of sp³-hybridized carbons (Fsp3) is 0.556. The van der Waals surface area contributed by atoms with Crippen LogP contribution < -0.4 is 0 Å². The zero-order chi connectivity index (χ0) is 10.1. The maximum atomic E-state index is 11.7. The van der Waals surface area contributed by atoms with E-state index < -0.39 is 0 Å². The fourth-order valence-corrected chi connectivity index (χ4v) is 1.90. The van der Waals surface area contributed by atoms with Gasteiger partial charge in [-0.2, -0.15) is 0 Å². The van der Waals surface area contributed by atoms with Crippen molar-refractivity contribution < 1.29 is 4.79 Å². The van der Waals surface area contributed by atoms with Crippen molar-refractivity contribution >= 4 is 21.8 Å². The summed E-state index contributed by atoms with van der Waals surface area (Å²) in [6.45, 7) is 4.10. The molecular formula is C9H12BrN3O. The van der Waals surface area contributed by atoms with E-state index in [-0.39, 0.29) is 10.7 Å². The van der Waals surface area contributed by atoms with Gasteiger partial charge in [0.05, 0.1) is 11.4 Å². The van der Waals surface area contributed by atoms with Crippen LogP contribution in [0.5, 0.6) is 0 Å². The zero-order valence-corrected chi connectivity index (χ0v) is 9.57. The van der Waals surface area contributed by atoms with Gasteiger partial charge in [0.25, 0.3) is 0 Å². The van der Waals surface area contributed by atoms with Gasteiger partial charge < -0.3 is 9.47 Å². The number of halogens is 1. The molecule has 0 radical (unpaired) electrons. The second kappa shape index (κ2) is 3.73. The van der Waals surface area contributed by atoms with Crippen molar-refractivity contribution in [3.05, 3.63) is 18.2 Å². The number of fused-ring (bicyclic) bond motifs is 1. The first kappa shape index (κ1) is 9.71. The summed E-state index contributed by atoms with van der Waals surface area (Å²) < 4.78 is 2.09. The number of alkyl halides is 1. The number of nitrogens with zero attached hydrogens (tertiary/aromatic N) is 3. The molecule has 0 bridgehead atoms. The Kier molecular flexibility index (Phi) is 2.58. The summed E-state index contributed by atoms with van der Waals surface area (Å²) in [6.07, 6.45) is 3.73. The first-order chi connectivity index (χ1) is 6.68. The van der Waals surface area contributed by atoms with Gasteiger partial charge in [-0.25, -0.2) is 4.98 Å². The summed E-state index contributed by atoms with van der Waals surface area (Å²) in [5, 5.41) is 0. The van der Waals surface area contributed by atoms with E-state index in [4.69, 9.17) is 0 Å². The topological polar surface area (TPSA) is 38.1 Å². The monoisotopic (exact) mass is 257 g/mol. The average molecular weight is 258 g/mol. The molecule has 2 heterocycles. The second-order valence-corrected chi connectivity index (χ2v) is 4.79. The first-order valence-electron chi connectivity index (χ1n) is 4.61. The molecule has 14 heavy (non-hydrogen) atoms. The number of rotatable bonds is 1. The lowest BCUT2D eigenvalue weighted by atomic mass is 10.3. The molecule has 1 unspecified atom stereocenters. The van der Waals surface area contributed by atoms with Crippen molar-refractivity contribution in [1.29, 1.82) is 0 Å². The van der Waals surface area contributed by atoms with E-state index >= 15 is 0 Å². The molecule has 0 spiro atoms. The lowest BCUT2D eigenvalue weighted by Crippen LogP contribution is -2.41. The van der Waals surface area contributed by atoms with Gasteiger partial charge >= 0.3 is 0 Å². The van der Waals surface area contributed by atoms with Crippen LogP contribution in [0.3, 0.4) is 0 Å². The second-order valence-electron chi connectivity index (χ2n) is 3.41. The molecule has 0 fully saturated rings. The van der Waals surface area contributed by atoms with Crippen LogP contribution in [0.15, 0.2) is 12.4 Å². The van der Waals surface area contributed by atoms with E-state index in [1.165, 1.54) is 0 Å². The Morgan fingerprint density at radius 2 is 2.43 bits per heavy atom. The molecule has 1 aliphatic heterocycles. The molecule has 1 atom stereocenters. The maximum Gasteiger partial charge on any atom is 0.236 e. The molecule has 0 aliphatic carbocycles. The van der Waals surface area contributed by atoms with Crippen LogP contribution in [0.1, 0.15) is 12.7 Å². The highest BCUT2D eigenvalue weighted by molar-refractivity contribution is 9.10. The van der Waals surface area contributed by atoms with Gasteiger partial charge in [-0.05, 0) is 6.92 Å². The Morgan fingerprint density at radius 3 is 3.14 bits per heavy atom. The largest absolute Gasteiger partial charge is 0.332 e. The van der Waals surface area contributed by atoms with E-state index in [9.17, 15) is 4.79 Å². The summed E-state index contributed by atoms with van der Waals surface area (Å²) in [5.74, 6) is 1.11. The van der Waals surface area contributed by atoms with Crippen molar-refractivity contribution in [2.75, 3.05) is 6.54 Å². The van der Waals surface area contributed by atoms with Crippen LogP contribution in [-0.2, 0) is 17.9 Å². The van der Waals surface area contributed by atoms with Gasteiger partial charge in [0, 0.05) is 25.5 Å². The molecule has 4 nitrogen and oxygen atoms in total. The zero-order valence-electron chi connectivity index (χ0n) is 7.98. The van der Waals surface area contributed by atoms with E-state index in [1.807, 2.05) is 18.0 Å². The third kappa shape index (κ3) is 1.68. The molecule has 76 valence electrons. The van der Waals surface area contributed by atoms with Gasteiger partial charge in [-0.15, -0.1) is 0 Å². The van der Waals surface area contributed by atoms with Crippen LogP contribution in [0.2, 0.25) is 0 Å². The summed E-state index contributed by atoms with van der Waals surface area (Å²) in [5.41, 5.74) is 0. The summed E-state index contributed by atoms with van der Waals surface area (Å²) in [4.78, 5) is 17.6. The minimum Gasteiger partial charge on any atom is -0.332 e. The molecule has 1 amide bonds. The van der Waals surface area contributed by atoms with Crippen LogP contribution in [0.25, 0.3) is 0 Å². The molecule has 0 N–H and O–H groups in total. The van der Waals surface area contributed by atoms with Gasteiger partial charge in [0.15, 0.2) is 0 Å². The number of hydrogen-bond donors (Lipinski definition) is 0. The molecule has 0 saturated carbocycles. The Morgan fingerprint density at radius 1 is 1.64 bits per heavy atom. The van der Waals surface area contributed by atoms with Crippen molar-refractivity contribution in [3.8, 4) is 0 Å². The van der Waals surface area contributed by atoms with Crippen molar-refractivity contribution in [1.82, 2.24) is 14.5 Å². The van der Waals surface area contributed by atoms with Crippen molar-refractivity contribution in [2.24, 2.45) is 0 Å². The maximum absolute atomic E-state index is 11.7. The molecule has 0 saturated heterocycles. The number of imidazole rings is 1. The van der Waals surface area contributed by atoms with Gasteiger partial charge in [0.1, 0.15) is 5.82 Å². The SMILES string of the molecule is CC(Br)C(=O)N1CCn2ccnc2C1. The molecule has 1 aliphatic rings. The van der Waals surface area contributed by atoms with Crippen LogP contribution >= 0.6 is 15.9 Å².